The largest absolute Gasteiger partial charge is 0.388 e. The number of hydrogen-bond acceptors (Lipinski definition) is 3. The lowest BCUT2D eigenvalue weighted by Crippen LogP contribution is -2.28. The Hall–Kier alpha value is -1.16. The lowest BCUT2D eigenvalue weighted by molar-refractivity contribution is -0.124. The summed E-state index contributed by atoms with van der Waals surface area (Å²) < 4.78 is 0. The zero-order chi connectivity index (χ0) is 10.9. The minimum Gasteiger partial charge on any atom is -0.388 e. The molecule has 0 aromatic carbocycles. The molecule has 2 N–H and O–H groups in total. The number of aliphatic hydroxyl groups excluding tert-OH is 1. The van der Waals surface area contributed by atoms with Crippen molar-refractivity contribution in [2.24, 2.45) is 5.41 Å². The zero-order valence-corrected chi connectivity index (χ0v) is 8.63. The first kappa shape index (κ1) is 10.9. The molecule has 4 heteroatoms. The van der Waals surface area contributed by atoms with Gasteiger partial charge < -0.3 is 5.11 Å². The molecule has 78 valence electrons. The molecule has 0 saturated carbocycles. The molecule has 0 radical (unpaired) electrons. The molecule has 0 spiro atoms. The number of carbonyl (C=O) groups excluding carboxylic acids is 2. The van der Waals surface area contributed by atoms with Crippen LogP contribution in [0, 0.1) is 5.41 Å². The fraction of sp³-hybridized carbons (Fsp3) is 0.600. The highest BCUT2D eigenvalue weighted by atomic mass is 16.3. The SMILES string of the molecule is CC(C)(C)CC(O)C1=CC(=O)NC1=O. The number of amides is 2. The topological polar surface area (TPSA) is 66.4 Å². The van der Waals surface area contributed by atoms with Crippen LogP contribution in [0.3, 0.4) is 0 Å². The van der Waals surface area contributed by atoms with E-state index in [9.17, 15) is 14.7 Å². The summed E-state index contributed by atoms with van der Waals surface area (Å²) in [7, 11) is 0. The highest BCUT2D eigenvalue weighted by Crippen LogP contribution is 2.24. The monoisotopic (exact) mass is 197 g/mol. The first-order chi connectivity index (χ1) is 6.29. The first-order valence-corrected chi connectivity index (χ1v) is 4.54. The van der Waals surface area contributed by atoms with E-state index in [0.29, 0.717) is 6.42 Å². The van der Waals surface area contributed by atoms with Gasteiger partial charge in [0.1, 0.15) is 0 Å². The van der Waals surface area contributed by atoms with Crippen LogP contribution in [0.5, 0.6) is 0 Å². The number of imide groups is 1. The van der Waals surface area contributed by atoms with Crippen molar-refractivity contribution < 1.29 is 14.7 Å². The van der Waals surface area contributed by atoms with Gasteiger partial charge in [0.05, 0.1) is 11.7 Å². The molecule has 1 atom stereocenters. The molecular formula is C10H15NO3. The van der Waals surface area contributed by atoms with E-state index in [4.69, 9.17) is 0 Å². The Kier molecular flexibility index (Phi) is 2.76. The van der Waals surface area contributed by atoms with E-state index in [1.165, 1.54) is 6.08 Å². The van der Waals surface area contributed by atoms with Gasteiger partial charge in [-0.2, -0.15) is 0 Å². The van der Waals surface area contributed by atoms with Crippen LogP contribution >= 0.6 is 0 Å². The predicted molar refractivity (Wildman–Crippen MR) is 51.3 cm³/mol. The second-order valence-corrected chi connectivity index (χ2v) is 4.70. The molecule has 0 aliphatic carbocycles. The smallest absolute Gasteiger partial charge is 0.256 e. The third-order valence-corrected chi connectivity index (χ3v) is 1.95. The third kappa shape index (κ3) is 2.67. The maximum Gasteiger partial charge on any atom is 0.256 e. The normalized spacial score (nSPS) is 19.3. The van der Waals surface area contributed by atoms with E-state index >= 15 is 0 Å². The number of nitrogens with one attached hydrogen (secondary N) is 1. The highest BCUT2D eigenvalue weighted by molar-refractivity contribution is 6.16. The van der Waals surface area contributed by atoms with Gasteiger partial charge in [-0.15, -0.1) is 0 Å². The van der Waals surface area contributed by atoms with Crippen LogP contribution in [0.2, 0.25) is 0 Å². The fourth-order valence-corrected chi connectivity index (χ4v) is 1.36. The Morgan fingerprint density at radius 1 is 1.43 bits per heavy atom. The summed E-state index contributed by atoms with van der Waals surface area (Å²) in [6, 6.07) is 0. The van der Waals surface area contributed by atoms with Gasteiger partial charge in [0, 0.05) is 6.08 Å². The van der Waals surface area contributed by atoms with Gasteiger partial charge in [0.25, 0.3) is 11.8 Å². The average molecular weight is 197 g/mol. The molecule has 0 fully saturated rings. The summed E-state index contributed by atoms with van der Waals surface area (Å²) in [5, 5.41) is 11.8. The average Bonchev–Trinajstić information content (AvgIpc) is 2.26. The Bertz CT molecular complexity index is 299. The van der Waals surface area contributed by atoms with E-state index in [-0.39, 0.29) is 11.0 Å². The van der Waals surface area contributed by atoms with Crippen LogP contribution in [0.15, 0.2) is 11.6 Å². The van der Waals surface area contributed by atoms with E-state index in [1.807, 2.05) is 20.8 Å². The van der Waals surface area contributed by atoms with Crippen molar-refractivity contribution in [3.05, 3.63) is 11.6 Å². The molecule has 14 heavy (non-hydrogen) atoms. The summed E-state index contributed by atoms with van der Waals surface area (Å²) in [5.41, 5.74) is 0.0940. The van der Waals surface area contributed by atoms with Gasteiger partial charge >= 0.3 is 0 Å². The fourth-order valence-electron chi connectivity index (χ4n) is 1.36. The maximum atomic E-state index is 11.2. The zero-order valence-electron chi connectivity index (χ0n) is 8.63. The Morgan fingerprint density at radius 3 is 2.36 bits per heavy atom. The molecule has 0 aromatic rings. The molecular weight excluding hydrogens is 182 g/mol. The van der Waals surface area contributed by atoms with Crippen molar-refractivity contribution in [2.45, 2.75) is 33.3 Å². The van der Waals surface area contributed by atoms with Crippen molar-refractivity contribution in [3.63, 3.8) is 0 Å². The summed E-state index contributed by atoms with van der Waals surface area (Å²) in [6.07, 6.45) is 0.764. The second kappa shape index (κ2) is 3.53. The molecule has 0 bridgehead atoms. The molecule has 1 aliphatic rings. The van der Waals surface area contributed by atoms with Crippen LogP contribution in [0.1, 0.15) is 27.2 Å². The molecule has 0 aromatic heterocycles. The summed E-state index contributed by atoms with van der Waals surface area (Å²) in [5.74, 6) is -0.926. The van der Waals surface area contributed by atoms with Crippen LogP contribution in [0.25, 0.3) is 0 Å². The Balaban J connectivity index is 2.71. The second-order valence-electron chi connectivity index (χ2n) is 4.70. The minimum absolute atomic E-state index is 0.0772. The van der Waals surface area contributed by atoms with E-state index in [2.05, 4.69) is 5.32 Å². The summed E-state index contributed by atoms with van der Waals surface area (Å²) in [4.78, 5) is 22.0. The van der Waals surface area contributed by atoms with Crippen molar-refractivity contribution in [1.82, 2.24) is 5.32 Å². The van der Waals surface area contributed by atoms with Gasteiger partial charge in [-0.25, -0.2) is 0 Å². The van der Waals surface area contributed by atoms with E-state index < -0.39 is 17.9 Å². The lowest BCUT2D eigenvalue weighted by Gasteiger charge is -2.22. The third-order valence-electron chi connectivity index (χ3n) is 1.95. The van der Waals surface area contributed by atoms with Gasteiger partial charge in [-0.05, 0) is 11.8 Å². The van der Waals surface area contributed by atoms with Gasteiger partial charge in [0.2, 0.25) is 0 Å². The highest BCUT2D eigenvalue weighted by Gasteiger charge is 2.29. The summed E-state index contributed by atoms with van der Waals surface area (Å²) in [6.45, 7) is 5.89. The number of hydrogen-bond donors (Lipinski definition) is 2. The van der Waals surface area contributed by atoms with Crippen molar-refractivity contribution >= 4 is 11.8 Å². The van der Waals surface area contributed by atoms with Crippen LogP contribution in [-0.4, -0.2) is 23.0 Å². The van der Waals surface area contributed by atoms with Crippen LogP contribution in [-0.2, 0) is 9.59 Å². The molecule has 1 unspecified atom stereocenters. The predicted octanol–water partition coefficient (Wildman–Crippen LogP) is 0.366. The van der Waals surface area contributed by atoms with Crippen molar-refractivity contribution in [3.8, 4) is 0 Å². The Morgan fingerprint density at radius 2 is 2.00 bits per heavy atom. The molecule has 4 nitrogen and oxygen atoms in total. The molecule has 2 amide bonds. The standard InChI is InChI=1S/C10H15NO3/c1-10(2,3)5-7(12)6-4-8(13)11-9(6)14/h4,7,12H,5H2,1-3H3,(H,11,13,14). The molecule has 1 heterocycles. The quantitative estimate of drug-likeness (QED) is 0.628. The van der Waals surface area contributed by atoms with Crippen molar-refractivity contribution in [1.29, 1.82) is 0 Å². The number of carbonyl (C=O) groups is 2. The van der Waals surface area contributed by atoms with Crippen molar-refractivity contribution in [2.75, 3.05) is 0 Å². The van der Waals surface area contributed by atoms with E-state index in [0.717, 1.165) is 0 Å². The summed E-state index contributed by atoms with van der Waals surface area (Å²) >= 11 is 0. The van der Waals surface area contributed by atoms with Gasteiger partial charge in [0.15, 0.2) is 0 Å². The van der Waals surface area contributed by atoms with E-state index in [1.54, 1.807) is 0 Å². The molecule has 1 rings (SSSR count). The first-order valence-electron chi connectivity index (χ1n) is 4.54. The van der Waals surface area contributed by atoms with Gasteiger partial charge in [-0.3, -0.25) is 14.9 Å². The minimum atomic E-state index is -0.860. The van der Waals surface area contributed by atoms with Crippen LogP contribution in [0.4, 0.5) is 0 Å². The van der Waals surface area contributed by atoms with Crippen LogP contribution < -0.4 is 5.32 Å². The lowest BCUT2D eigenvalue weighted by atomic mass is 9.87. The number of rotatable bonds is 2. The molecule has 1 aliphatic heterocycles. The molecule has 0 saturated heterocycles. The Labute approximate surface area is 83.0 Å². The van der Waals surface area contributed by atoms with Gasteiger partial charge in [-0.1, -0.05) is 20.8 Å². The number of aliphatic hydroxyl groups is 1. The maximum absolute atomic E-state index is 11.2.